The Balaban J connectivity index is 2.39. The number of rotatable bonds is 5. The number of hydrazine groups is 1. The molecule has 1 aromatic rings. The molecule has 0 bridgehead atoms. The van der Waals surface area contributed by atoms with Crippen LogP contribution in [0.15, 0.2) is 6.20 Å². The largest absolute Gasteiger partial charge is 0.493 e. The van der Waals surface area contributed by atoms with Crippen LogP contribution in [-0.2, 0) is 6.54 Å². The van der Waals surface area contributed by atoms with Crippen LogP contribution in [0.3, 0.4) is 0 Å². The van der Waals surface area contributed by atoms with E-state index < -0.39 is 0 Å². The molecule has 0 spiro atoms. The fourth-order valence-electron chi connectivity index (χ4n) is 3.46. The van der Waals surface area contributed by atoms with Gasteiger partial charge < -0.3 is 4.74 Å². The van der Waals surface area contributed by atoms with Gasteiger partial charge in [-0.05, 0) is 31.1 Å². The Labute approximate surface area is 115 Å². The zero-order valence-corrected chi connectivity index (χ0v) is 12.4. The Kier molecular flexibility index (Phi) is 4.16. The second-order valence-corrected chi connectivity index (χ2v) is 6.05. The average Bonchev–Trinajstić information content (AvgIpc) is 2.95. The lowest BCUT2D eigenvalue weighted by molar-refractivity contribution is 0.189. The SMILES string of the molecule is CCn1ncc(OC)c1C(NN)C1CCCC1(C)C. The standard InChI is InChI=1S/C14H26N4O/c1-5-18-13(11(19-4)9-16-18)12(17-15)10-7-6-8-14(10,2)3/h9-10,12,17H,5-8,15H2,1-4H3. The Morgan fingerprint density at radius 2 is 2.37 bits per heavy atom. The van der Waals surface area contributed by atoms with Crippen LogP contribution in [0, 0.1) is 11.3 Å². The van der Waals surface area contributed by atoms with Crippen molar-refractivity contribution in [1.29, 1.82) is 0 Å². The fraction of sp³-hybridized carbons (Fsp3) is 0.786. The predicted octanol–water partition coefficient (Wildman–Crippen LogP) is 2.24. The van der Waals surface area contributed by atoms with E-state index in [4.69, 9.17) is 10.6 Å². The van der Waals surface area contributed by atoms with Crippen molar-refractivity contribution in [3.8, 4) is 5.75 Å². The highest BCUT2D eigenvalue weighted by Gasteiger charge is 2.41. The van der Waals surface area contributed by atoms with E-state index in [0.29, 0.717) is 11.3 Å². The number of nitrogens with two attached hydrogens (primary N) is 1. The van der Waals surface area contributed by atoms with Gasteiger partial charge in [-0.25, -0.2) is 0 Å². The number of hydrogen-bond donors (Lipinski definition) is 2. The van der Waals surface area contributed by atoms with Crippen LogP contribution in [0.4, 0.5) is 0 Å². The van der Waals surface area contributed by atoms with E-state index in [0.717, 1.165) is 18.0 Å². The van der Waals surface area contributed by atoms with Crippen molar-refractivity contribution in [1.82, 2.24) is 15.2 Å². The lowest BCUT2D eigenvalue weighted by Crippen LogP contribution is -2.39. The molecular formula is C14H26N4O. The molecule has 108 valence electrons. The van der Waals surface area contributed by atoms with Crippen molar-refractivity contribution in [2.24, 2.45) is 17.2 Å². The van der Waals surface area contributed by atoms with Crippen LogP contribution < -0.4 is 16.0 Å². The summed E-state index contributed by atoms with van der Waals surface area (Å²) in [6, 6.07) is 0.0925. The van der Waals surface area contributed by atoms with Crippen LogP contribution in [0.2, 0.25) is 0 Å². The first-order valence-corrected chi connectivity index (χ1v) is 7.11. The number of nitrogens with one attached hydrogen (secondary N) is 1. The summed E-state index contributed by atoms with van der Waals surface area (Å²) in [5.41, 5.74) is 4.38. The van der Waals surface area contributed by atoms with E-state index in [2.05, 4.69) is 31.3 Å². The monoisotopic (exact) mass is 266 g/mol. The number of hydrogen-bond acceptors (Lipinski definition) is 4. The van der Waals surface area contributed by atoms with Crippen LogP contribution in [0.1, 0.15) is 51.8 Å². The van der Waals surface area contributed by atoms with Crippen LogP contribution in [-0.4, -0.2) is 16.9 Å². The van der Waals surface area contributed by atoms with Gasteiger partial charge in [-0.15, -0.1) is 0 Å². The maximum atomic E-state index is 5.87. The van der Waals surface area contributed by atoms with Gasteiger partial charge in [0, 0.05) is 6.54 Å². The molecule has 3 N–H and O–H groups in total. The molecule has 0 saturated heterocycles. The molecule has 0 aliphatic heterocycles. The molecule has 0 aromatic carbocycles. The van der Waals surface area contributed by atoms with E-state index in [9.17, 15) is 0 Å². The van der Waals surface area contributed by atoms with Crippen molar-refractivity contribution in [3.63, 3.8) is 0 Å². The summed E-state index contributed by atoms with van der Waals surface area (Å²) >= 11 is 0. The fourth-order valence-corrected chi connectivity index (χ4v) is 3.46. The third-order valence-electron chi connectivity index (χ3n) is 4.58. The van der Waals surface area contributed by atoms with Gasteiger partial charge >= 0.3 is 0 Å². The first kappa shape index (κ1) is 14.3. The second-order valence-electron chi connectivity index (χ2n) is 6.05. The Bertz CT molecular complexity index is 406. The highest BCUT2D eigenvalue weighted by molar-refractivity contribution is 5.29. The van der Waals surface area contributed by atoms with E-state index in [-0.39, 0.29) is 6.04 Å². The zero-order valence-electron chi connectivity index (χ0n) is 12.4. The molecule has 0 amide bonds. The van der Waals surface area contributed by atoms with Crippen molar-refractivity contribution in [2.75, 3.05) is 7.11 Å². The summed E-state index contributed by atoms with van der Waals surface area (Å²) in [7, 11) is 1.69. The lowest BCUT2D eigenvalue weighted by atomic mass is 9.76. The highest BCUT2D eigenvalue weighted by atomic mass is 16.5. The summed E-state index contributed by atoms with van der Waals surface area (Å²) in [4.78, 5) is 0. The van der Waals surface area contributed by atoms with Gasteiger partial charge in [-0.1, -0.05) is 20.3 Å². The van der Waals surface area contributed by atoms with E-state index in [1.54, 1.807) is 13.3 Å². The van der Waals surface area contributed by atoms with Crippen LogP contribution >= 0.6 is 0 Å². The van der Waals surface area contributed by atoms with Gasteiger partial charge in [0.05, 0.1) is 25.0 Å². The number of methoxy groups -OCH3 is 1. The first-order valence-electron chi connectivity index (χ1n) is 7.11. The Morgan fingerprint density at radius 3 is 2.84 bits per heavy atom. The summed E-state index contributed by atoms with van der Waals surface area (Å²) in [5.74, 6) is 7.20. The van der Waals surface area contributed by atoms with Crippen LogP contribution in [0.25, 0.3) is 0 Å². The molecular weight excluding hydrogens is 240 g/mol. The predicted molar refractivity (Wildman–Crippen MR) is 75.6 cm³/mol. The quantitative estimate of drug-likeness (QED) is 0.633. The molecule has 1 aliphatic carbocycles. The topological polar surface area (TPSA) is 65.1 Å². The normalized spacial score (nSPS) is 23.5. The van der Waals surface area contributed by atoms with E-state index in [1.807, 2.05) is 4.68 Å². The minimum absolute atomic E-state index is 0.0925. The Morgan fingerprint density at radius 1 is 1.63 bits per heavy atom. The first-order chi connectivity index (χ1) is 9.05. The molecule has 0 radical (unpaired) electrons. The number of ether oxygens (including phenoxy) is 1. The minimum Gasteiger partial charge on any atom is -0.493 e. The Hall–Kier alpha value is -1.07. The third kappa shape index (κ3) is 2.49. The van der Waals surface area contributed by atoms with Gasteiger partial charge in [0.15, 0.2) is 5.75 Å². The van der Waals surface area contributed by atoms with Crippen molar-refractivity contribution >= 4 is 0 Å². The zero-order chi connectivity index (χ0) is 14.0. The van der Waals surface area contributed by atoms with E-state index >= 15 is 0 Å². The summed E-state index contributed by atoms with van der Waals surface area (Å²) in [5, 5.41) is 4.39. The van der Waals surface area contributed by atoms with E-state index in [1.165, 1.54) is 19.3 Å². The molecule has 1 aromatic heterocycles. The minimum atomic E-state index is 0.0925. The summed E-state index contributed by atoms with van der Waals surface area (Å²) < 4.78 is 7.44. The van der Waals surface area contributed by atoms with Gasteiger partial charge in [0.2, 0.25) is 0 Å². The molecule has 2 unspecified atom stereocenters. The molecule has 5 nitrogen and oxygen atoms in total. The second kappa shape index (κ2) is 5.51. The number of nitrogens with zero attached hydrogens (tertiary/aromatic N) is 2. The smallest absolute Gasteiger partial charge is 0.161 e. The summed E-state index contributed by atoms with van der Waals surface area (Å²) in [6.07, 6.45) is 5.49. The summed E-state index contributed by atoms with van der Waals surface area (Å²) in [6.45, 7) is 7.57. The average molecular weight is 266 g/mol. The molecule has 5 heteroatoms. The highest BCUT2D eigenvalue weighted by Crippen LogP contribution is 2.49. The molecule has 2 atom stereocenters. The molecule has 1 saturated carbocycles. The molecule has 1 heterocycles. The van der Waals surface area contributed by atoms with Gasteiger partial charge in [-0.2, -0.15) is 5.10 Å². The maximum Gasteiger partial charge on any atom is 0.161 e. The number of aryl methyl sites for hydroxylation is 1. The molecule has 19 heavy (non-hydrogen) atoms. The molecule has 1 aliphatic rings. The van der Waals surface area contributed by atoms with Gasteiger partial charge in [0.1, 0.15) is 0 Å². The number of aromatic nitrogens is 2. The van der Waals surface area contributed by atoms with Gasteiger partial charge in [-0.3, -0.25) is 16.0 Å². The van der Waals surface area contributed by atoms with Crippen LogP contribution in [0.5, 0.6) is 5.75 Å². The van der Waals surface area contributed by atoms with Crippen molar-refractivity contribution in [3.05, 3.63) is 11.9 Å². The van der Waals surface area contributed by atoms with Crippen molar-refractivity contribution in [2.45, 2.75) is 52.6 Å². The maximum absolute atomic E-state index is 5.87. The van der Waals surface area contributed by atoms with Crippen molar-refractivity contribution < 1.29 is 4.74 Å². The lowest BCUT2D eigenvalue weighted by Gasteiger charge is -2.34. The molecule has 1 fully saturated rings. The van der Waals surface area contributed by atoms with Gasteiger partial charge in [0.25, 0.3) is 0 Å². The molecule has 2 rings (SSSR count). The third-order valence-corrected chi connectivity index (χ3v) is 4.58.